The summed E-state index contributed by atoms with van der Waals surface area (Å²) in [4.78, 5) is 38.6. The fourth-order valence-corrected chi connectivity index (χ4v) is 2.57. The van der Waals surface area contributed by atoms with Crippen LogP contribution in [-0.2, 0) is 9.59 Å². The molecule has 1 rings (SSSR count). The number of carbonyl (C=O) groups is 3. The maximum absolute atomic E-state index is 12.3. The average molecular weight is 313 g/mol. The van der Waals surface area contributed by atoms with Gasteiger partial charge < -0.3 is 20.2 Å². The van der Waals surface area contributed by atoms with Crippen molar-refractivity contribution in [2.45, 2.75) is 39.2 Å². The molecule has 1 heterocycles. The number of hydrogen-bond acceptors (Lipinski definition) is 3. The fraction of sp³-hybridized carbons (Fsp3) is 0.800. The molecule has 1 aliphatic rings. The van der Waals surface area contributed by atoms with Crippen molar-refractivity contribution < 1.29 is 19.5 Å². The van der Waals surface area contributed by atoms with Crippen molar-refractivity contribution in [1.29, 1.82) is 0 Å². The summed E-state index contributed by atoms with van der Waals surface area (Å²) in [5, 5.41) is 11.9. The molecule has 2 atom stereocenters. The minimum Gasteiger partial charge on any atom is -0.480 e. The highest BCUT2D eigenvalue weighted by molar-refractivity contribution is 5.85. The number of aliphatic carboxylic acids is 1. The Morgan fingerprint density at radius 3 is 2.23 bits per heavy atom. The molecule has 2 N–H and O–H groups in total. The van der Waals surface area contributed by atoms with Crippen molar-refractivity contribution in [2.24, 2.45) is 11.8 Å². The SMILES string of the molecule is CC[C@@H](C)[C@@H](NC(=O)C1CCN(C(=O)N(C)C)CC1)C(=O)O. The molecule has 3 amide bonds. The minimum absolute atomic E-state index is 0.0538. The number of piperidine rings is 1. The van der Waals surface area contributed by atoms with Crippen LogP contribution in [-0.4, -0.2) is 66.0 Å². The topological polar surface area (TPSA) is 90.0 Å². The summed E-state index contributed by atoms with van der Waals surface area (Å²) in [6, 6.07) is -0.902. The number of hydrogen-bond donors (Lipinski definition) is 2. The number of amides is 3. The van der Waals surface area contributed by atoms with Gasteiger partial charge in [0.2, 0.25) is 5.91 Å². The van der Waals surface area contributed by atoms with Gasteiger partial charge in [-0.1, -0.05) is 20.3 Å². The standard InChI is InChI=1S/C15H27N3O4/c1-5-10(2)12(14(20)21)16-13(19)11-6-8-18(9-7-11)15(22)17(3)4/h10-12H,5-9H2,1-4H3,(H,16,19)(H,20,21)/t10-,12-/m1/s1. The number of likely N-dealkylation sites (tertiary alicyclic amines) is 1. The molecule has 0 saturated carbocycles. The second-order valence-electron chi connectivity index (χ2n) is 6.15. The molecule has 0 aromatic carbocycles. The highest BCUT2D eigenvalue weighted by Crippen LogP contribution is 2.19. The largest absolute Gasteiger partial charge is 0.480 e. The lowest BCUT2D eigenvalue weighted by Gasteiger charge is -2.33. The number of urea groups is 1. The molecule has 0 radical (unpaired) electrons. The third-order valence-corrected chi connectivity index (χ3v) is 4.30. The Labute approximate surface area is 131 Å². The Morgan fingerprint density at radius 2 is 1.82 bits per heavy atom. The molecule has 0 spiro atoms. The van der Waals surface area contributed by atoms with E-state index in [2.05, 4.69) is 5.32 Å². The predicted octanol–water partition coefficient (Wildman–Crippen LogP) is 0.996. The van der Waals surface area contributed by atoms with Gasteiger partial charge in [0.25, 0.3) is 0 Å². The lowest BCUT2D eigenvalue weighted by atomic mass is 9.93. The number of carboxylic acids is 1. The molecule has 0 bridgehead atoms. The second kappa shape index (κ2) is 8.00. The summed E-state index contributed by atoms with van der Waals surface area (Å²) in [5.74, 6) is -1.55. The molecule has 0 aromatic heterocycles. The monoisotopic (exact) mass is 313 g/mol. The Balaban J connectivity index is 2.55. The van der Waals surface area contributed by atoms with E-state index in [0.717, 1.165) is 0 Å². The van der Waals surface area contributed by atoms with Gasteiger partial charge >= 0.3 is 12.0 Å². The number of rotatable bonds is 5. The summed E-state index contributed by atoms with van der Waals surface area (Å²) in [7, 11) is 3.40. The molecule has 126 valence electrons. The maximum atomic E-state index is 12.3. The summed E-state index contributed by atoms with van der Waals surface area (Å²) in [6.45, 7) is 4.77. The van der Waals surface area contributed by atoms with Crippen LogP contribution in [0.3, 0.4) is 0 Å². The van der Waals surface area contributed by atoms with Gasteiger partial charge in [0, 0.05) is 33.1 Å². The molecule has 22 heavy (non-hydrogen) atoms. The summed E-state index contributed by atoms with van der Waals surface area (Å²) >= 11 is 0. The van der Waals surface area contributed by atoms with Gasteiger partial charge in [-0.3, -0.25) is 4.79 Å². The Hall–Kier alpha value is -1.79. The molecule has 1 fully saturated rings. The Kier molecular flexibility index (Phi) is 6.64. The molecule has 0 aliphatic carbocycles. The van der Waals surface area contributed by atoms with E-state index in [1.807, 2.05) is 13.8 Å². The zero-order valence-electron chi connectivity index (χ0n) is 13.8. The third kappa shape index (κ3) is 4.61. The summed E-state index contributed by atoms with van der Waals surface area (Å²) < 4.78 is 0. The normalized spacial score (nSPS) is 18.5. The maximum Gasteiger partial charge on any atom is 0.326 e. The summed E-state index contributed by atoms with van der Waals surface area (Å²) in [5.41, 5.74) is 0. The van der Waals surface area contributed by atoms with Crippen LogP contribution in [0, 0.1) is 11.8 Å². The van der Waals surface area contributed by atoms with Crippen molar-refractivity contribution in [3.63, 3.8) is 0 Å². The molecule has 7 nitrogen and oxygen atoms in total. The van der Waals surface area contributed by atoms with Gasteiger partial charge in [-0.15, -0.1) is 0 Å². The van der Waals surface area contributed by atoms with Crippen molar-refractivity contribution in [1.82, 2.24) is 15.1 Å². The Bertz CT molecular complexity index is 417. The number of nitrogens with one attached hydrogen (secondary N) is 1. The molecule has 0 aromatic rings. The molecule has 1 aliphatic heterocycles. The van der Waals surface area contributed by atoms with Crippen LogP contribution in [0.5, 0.6) is 0 Å². The van der Waals surface area contributed by atoms with Crippen molar-refractivity contribution >= 4 is 17.9 Å². The number of carbonyl (C=O) groups excluding carboxylic acids is 2. The summed E-state index contributed by atoms with van der Waals surface area (Å²) in [6.07, 6.45) is 1.82. The van der Waals surface area contributed by atoms with Gasteiger partial charge in [0.1, 0.15) is 6.04 Å². The van der Waals surface area contributed by atoms with Crippen molar-refractivity contribution in [3.05, 3.63) is 0 Å². The van der Waals surface area contributed by atoms with Crippen LogP contribution in [0.2, 0.25) is 0 Å². The lowest BCUT2D eigenvalue weighted by molar-refractivity contribution is -0.144. The van der Waals surface area contributed by atoms with E-state index in [-0.39, 0.29) is 23.8 Å². The van der Waals surface area contributed by atoms with E-state index < -0.39 is 12.0 Å². The lowest BCUT2D eigenvalue weighted by Crippen LogP contribution is -2.50. The highest BCUT2D eigenvalue weighted by Gasteiger charge is 2.32. The fourth-order valence-electron chi connectivity index (χ4n) is 2.57. The predicted molar refractivity (Wildman–Crippen MR) is 82.4 cm³/mol. The van der Waals surface area contributed by atoms with Gasteiger partial charge in [-0.05, 0) is 18.8 Å². The van der Waals surface area contributed by atoms with Gasteiger partial charge in [-0.25, -0.2) is 9.59 Å². The number of nitrogens with zero attached hydrogens (tertiary/aromatic N) is 2. The van der Waals surface area contributed by atoms with Crippen LogP contribution in [0.1, 0.15) is 33.1 Å². The first kappa shape index (κ1) is 18.3. The molecule has 1 saturated heterocycles. The smallest absolute Gasteiger partial charge is 0.326 e. The van der Waals surface area contributed by atoms with E-state index in [0.29, 0.717) is 32.4 Å². The van der Waals surface area contributed by atoms with Crippen LogP contribution in [0.4, 0.5) is 4.79 Å². The molecule has 0 unspecified atom stereocenters. The zero-order chi connectivity index (χ0) is 16.9. The first-order chi connectivity index (χ1) is 10.3. The quantitative estimate of drug-likeness (QED) is 0.792. The van der Waals surface area contributed by atoms with E-state index in [4.69, 9.17) is 0 Å². The molecular formula is C15H27N3O4. The van der Waals surface area contributed by atoms with E-state index >= 15 is 0 Å². The molecular weight excluding hydrogens is 286 g/mol. The highest BCUT2D eigenvalue weighted by atomic mass is 16.4. The zero-order valence-corrected chi connectivity index (χ0v) is 13.8. The van der Waals surface area contributed by atoms with E-state index in [1.165, 1.54) is 4.90 Å². The minimum atomic E-state index is -0.997. The van der Waals surface area contributed by atoms with Crippen LogP contribution in [0.15, 0.2) is 0 Å². The number of carboxylic acid groups (broad SMARTS) is 1. The van der Waals surface area contributed by atoms with Crippen molar-refractivity contribution in [2.75, 3.05) is 27.2 Å². The van der Waals surface area contributed by atoms with Crippen LogP contribution >= 0.6 is 0 Å². The molecule has 7 heteroatoms. The van der Waals surface area contributed by atoms with E-state index in [9.17, 15) is 19.5 Å². The Morgan fingerprint density at radius 1 is 1.27 bits per heavy atom. The average Bonchev–Trinajstić information content (AvgIpc) is 2.50. The van der Waals surface area contributed by atoms with Gasteiger partial charge in [0.05, 0.1) is 0 Å². The van der Waals surface area contributed by atoms with Crippen LogP contribution in [0.25, 0.3) is 0 Å². The first-order valence-electron chi connectivity index (χ1n) is 7.77. The van der Waals surface area contributed by atoms with Crippen molar-refractivity contribution in [3.8, 4) is 0 Å². The van der Waals surface area contributed by atoms with Gasteiger partial charge in [-0.2, -0.15) is 0 Å². The van der Waals surface area contributed by atoms with Crippen LogP contribution < -0.4 is 5.32 Å². The van der Waals surface area contributed by atoms with E-state index in [1.54, 1.807) is 19.0 Å². The second-order valence-corrected chi connectivity index (χ2v) is 6.15. The first-order valence-corrected chi connectivity index (χ1v) is 7.77. The van der Waals surface area contributed by atoms with Gasteiger partial charge in [0.15, 0.2) is 0 Å². The third-order valence-electron chi connectivity index (χ3n) is 4.30.